The Kier molecular flexibility index (Phi) is 12.0. The molecule has 1 aliphatic rings. The molecule has 5 rings (SSSR count). The smallest absolute Gasteiger partial charge is 0.261 e. The summed E-state index contributed by atoms with van der Waals surface area (Å²) in [5.41, 5.74) is 7.32. The molecule has 0 radical (unpaired) electrons. The van der Waals surface area contributed by atoms with Gasteiger partial charge in [0.15, 0.2) is 6.10 Å². The van der Waals surface area contributed by atoms with Gasteiger partial charge in [-0.25, -0.2) is 0 Å². The highest BCUT2D eigenvalue weighted by Crippen LogP contribution is 2.36. The predicted octanol–water partition coefficient (Wildman–Crippen LogP) is 6.93. The Morgan fingerprint density at radius 3 is 1.48 bits per heavy atom. The van der Waals surface area contributed by atoms with Gasteiger partial charge in [-0.1, -0.05) is 141 Å². The van der Waals surface area contributed by atoms with Crippen molar-refractivity contribution in [3.05, 3.63) is 144 Å². The molecule has 1 saturated heterocycles. The van der Waals surface area contributed by atoms with Gasteiger partial charge in [0.25, 0.3) is 5.79 Å². The van der Waals surface area contributed by atoms with E-state index in [0.29, 0.717) is 13.2 Å². The number of benzene rings is 4. The molecule has 1 aliphatic heterocycles. The van der Waals surface area contributed by atoms with Crippen LogP contribution in [0.25, 0.3) is 0 Å². The Morgan fingerprint density at radius 1 is 0.609 bits per heavy atom. The topological polar surface area (TPSA) is 66.4 Å². The summed E-state index contributed by atoms with van der Waals surface area (Å²) in [6.07, 6.45) is -3.07. The first kappa shape index (κ1) is 33.8. The van der Waals surface area contributed by atoms with Crippen molar-refractivity contribution in [1.82, 2.24) is 0 Å². The number of aliphatic hydroxyl groups is 1. The maximum absolute atomic E-state index is 12.3. The van der Waals surface area contributed by atoms with Crippen molar-refractivity contribution >= 4 is 8.07 Å². The fraction of sp³-hybridized carbons (Fsp3) is 0.333. The second-order valence-corrected chi connectivity index (χ2v) is 17.3. The summed E-state index contributed by atoms with van der Waals surface area (Å²) in [4.78, 5) is 0. The van der Waals surface area contributed by atoms with Crippen LogP contribution in [0.15, 0.2) is 121 Å². The van der Waals surface area contributed by atoms with Crippen LogP contribution in [-0.2, 0) is 50.1 Å². The molecule has 0 saturated carbocycles. The van der Waals surface area contributed by atoms with Crippen molar-refractivity contribution in [2.24, 2.45) is 0 Å². The number of rotatable bonds is 13. The minimum Gasteiger partial charge on any atom is -0.374 e. The van der Waals surface area contributed by atoms with Crippen LogP contribution in [0.4, 0.5) is 0 Å². The Hall–Kier alpha value is -3.58. The summed E-state index contributed by atoms with van der Waals surface area (Å²) in [6.45, 7) is 7.76. The molecule has 0 aromatic heterocycles. The first-order valence-electron chi connectivity index (χ1n) is 15.8. The Morgan fingerprint density at radius 2 is 1.02 bits per heavy atom. The van der Waals surface area contributed by atoms with Gasteiger partial charge >= 0.3 is 0 Å². The lowest BCUT2D eigenvalue weighted by atomic mass is 9.91. The molecule has 0 aliphatic carbocycles. The maximum Gasteiger partial charge on any atom is 0.261 e. The standard InChI is InChI=1S/C39H44O6Si/c1-46(2,3)25-24-39(40)38(44-29-34-22-14-7-15-23-34)37(43-28-33-20-12-6-13-21-33)36(42-27-32-18-10-5-11-19-32)35(45-39)30-41-26-31-16-8-4-9-17-31/h4-23,35-38,40H,26-30H2,1-3H3/t35-,36-,37+,38-,39?/m1/s1. The van der Waals surface area contributed by atoms with Crippen molar-refractivity contribution in [3.63, 3.8) is 0 Å². The van der Waals surface area contributed by atoms with Crippen LogP contribution >= 0.6 is 0 Å². The third-order valence-electron chi connectivity index (χ3n) is 7.56. The van der Waals surface area contributed by atoms with Gasteiger partial charge in [-0.05, 0) is 28.2 Å². The van der Waals surface area contributed by atoms with E-state index in [1.165, 1.54) is 0 Å². The second-order valence-electron chi connectivity index (χ2n) is 12.6. The largest absolute Gasteiger partial charge is 0.374 e. The molecule has 1 heterocycles. The van der Waals surface area contributed by atoms with Gasteiger partial charge in [-0.2, -0.15) is 0 Å². The zero-order valence-corrected chi connectivity index (χ0v) is 27.9. The van der Waals surface area contributed by atoms with Crippen LogP contribution in [0.1, 0.15) is 22.3 Å². The summed E-state index contributed by atoms with van der Waals surface area (Å²) < 4.78 is 32.6. The molecular formula is C39H44O6Si. The highest BCUT2D eigenvalue weighted by Gasteiger charge is 2.56. The Bertz CT molecular complexity index is 1520. The minimum absolute atomic E-state index is 0.155. The molecule has 1 N–H and O–H groups in total. The van der Waals surface area contributed by atoms with E-state index in [1.807, 2.05) is 121 Å². The average molecular weight is 637 g/mol. The van der Waals surface area contributed by atoms with E-state index in [1.54, 1.807) is 0 Å². The summed E-state index contributed by atoms with van der Waals surface area (Å²) in [5, 5.41) is 12.3. The van der Waals surface area contributed by atoms with Gasteiger partial charge in [0, 0.05) is 0 Å². The summed E-state index contributed by atoms with van der Waals surface area (Å²) >= 11 is 0. The van der Waals surface area contributed by atoms with E-state index in [9.17, 15) is 5.11 Å². The highest BCUT2D eigenvalue weighted by atomic mass is 28.3. The van der Waals surface area contributed by atoms with Gasteiger partial charge in [0.05, 0.1) is 33.0 Å². The van der Waals surface area contributed by atoms with Crippen LogP contribution in [-0.4, -0.2) is 50.0 Å². The lowest BCUT2D eigenvalue weighted by molar-refractivity contribution is -0.347. The Labute approximate surface area is 274 Å². The first-order chi connectivity index (χ1) is 22.3. The third-order valence-corrected chi connectivity index (χ3v) is 8.43. The van der Waals surface area contributed by atoms with Gasteiger partial charge in [0.2, 0.25) is 0 Å². The average Bonchev–Trinajstić information content (AvgIpc) is 3.07. The number of hydrogen-bond donors (Lipinski definition) is 1. The molecular weight excluding hydrogens is 593 g/mol. The zero-order valence-electron chi connectivity index (χ0n) is 26.9. The molecule has 46 heavy (non-hydrogen) atoms. The lowest BCUT2D eigenvalue weighted by Crippen LogP contribution is -2.66. The van der Waals surface area contributed by atoms with Crippen molar-refractivity contribution in [1.29, 1.82) is 0 Å². The molecule has 1 unspecified atom stereocenters. The molecule has 4 aromatic rings. The van der Waals surface area contributed by atoms with E-state index < -0.39 is 38.3 Å². The van der Waals surface area contributed by atoms with Crippen molar-refractivity contribution in [2.45, 2.75) is 76.3 Å². The van der Waals surface area contributed by atoms with Gasteiger partial charge in [-0.15, -0.1) is 5.54 Å². The molecule has 0 spiro atoms. The van der Waals surface area contributed by atoms with Crippen LogP contribution in [0.5, 0.6) is 0 Å². The SMILES string of the molecule is C[Si](C)(C)C#CC1(O)O[C@H](COCc2ccccc2)[C@@H](OCc2ccccc2)[C@H](OCc2ccccc2)[C@H]1OCc1ccccc1. The molecule has 0 amide bonds. The van der Waals surface area contributed by atoms with E-state index in [2.05, 4.69) is 31.1 Å². The van der Waals surface area contributed by atoms with Crippen molar-refractivity contribution < 1.29 is 28.8 Å². The first-order valence-corrected chi connectivity index (χ1v) is 19.3. The summed E-state index contributed by atoms with van der Waals surface area (Å²) in [6, 6.07) is 39.7. The van der Waals surface area contributed by atoms with E-state index >= 15 is 0 Å². The lowest BCUT2D eigenvalue weighted by Gasteiger charge is -2.48. The summed E-state index contributed by atoms with van der Waals surface area (Å²) in [5.74, 6) is 1.15. The molecule has 6 nitrogen and oxygen atoms in total. The zero-order chi connectivity index (χ0) is 32.2. The quantitative estimate of drug-likeness (QED) is 0.127. The highest BCUT2D eigenvalue weighted by molar-refractivity contribution is 6.83. The molecule has 240 valence electrons. The maximum atomic E-state index is 12.3. The van der Waals surface area contributed by atoms with Crippen molar-refractivity contribution in [3.8, 4) is 11.5 Å². The van der Waals surface area contributed by atoms with Crippen LogP contribution in [0.2, 0.25) is 19.6 Å². The van der Waals surface area contributed by atoms with Gasteiger partial charge < -0.3 is 28.8 Å². The van der Waals surface area contributed by atoms with Gasteiger partial charge in [0.1, 0.15) is 26.4 Å². The molecule has 7 heteroatoms. The van der Waals surface area contributed by atoms with Crippen LogP contribution in [0.3, 0.4) is 0 Å². The van der Waals surface area contributed by atoms with E-state index in [4.69, 9.17) is 23.7 Å². The van der Waals surface area contributed by atoms with Crippen LogP contribution in [0, 0.1) is 11.5 Å². The minimum atomic E-state index is -1.97. The van der Waals surface area contributed by atoms with Crippen molar-refractivity contribution in [2.75, 3.05) is 6.61 Å². The fourth-order valence-corrected chi connectivity index (χ4v) is 5.78. The molecule has 1 fully saturated rings. The fourth-order valence-electron chi connectivity index (χ4n) is 5.23. The van der Waals surface area contributed by atoms with E-state index in [-0.39, 0.29) is 19.8 Å². The van der Waals surface area contributed by atoms with Gasteiger partial charge in [-0.3, -0.25) is 0 Å². The Balaban J connectivity index is 1.50. The molecule has 5 atom stereocenters. The number of ether oxygens (including phenoxy) is 5. The molecule has 0 bridgehead atoms. The van der Waals surface area contributed by atoms with Crippen LogP contribution < -0.4 is 0 Å². The van der Waals surface area contributed by atoms with E-state index in [0.717, 1.165) is 22.3 Å². The second kappa shape index (κ2) is 16.3. The molecule has 4 aromatic carbocycles. The predicted molar refractivity (Wildman–Crippen MR) is 182 cm³/mol. The monoisotopic (exact) mass is 636 g/mol. The third kappa shape index (κ3) is 9.96. The summed E-state index contributed by atoms with van der Waals surface area (Å²) in [7, 11) is -1.93. The number of hydrogen-bond acceptors (Lipinski definition) is 6. The normalized spacial score (nSPS) is 23.0.